The van der Waals surface area contributed by atoms with Crippen molar-refractivity contribution in [2.24, 2.45) is 22.7 Å². The predicted octanol–water partition coefficient (Wildman–Crippen LogP) is 8.25. The largest absolute Gasteiger partial charge is 0.0683 e. The molecule has 0 amide bonds. The smallest absolute Gasteiger partial charge is 0.0298 e. The number of hydrogen-bond acceptors (Lipinski definition) is 0. The van der Waals surface area contributed by atoms with Gasteiger partial charge in [0.1, 0.15) is 0 Å². The lowest BCUT2D eigenvalue weighted by atomic mass is 9.60. The van der Waals surface area contributed by atoms with Gasteiger partial charge in [-0.25, -0.2) is 0 Å². The molecule has 0 heterocycles. The predicted molar refractivity (Wildman–Crippen MR) is 103 cm³/mol. The molecule has 0 unspecified atom stereocenters. The second-order valence-electron chi connectivity index (χ2n) is 8.36. The van der Waals surface area contributed by atoms with Crippen LogP contribution in [-0.2, 0) is 0 Å². The van der Waals surface area contributed by atoms with Crippen LogP contribution in [0.15, 0.2) is 0 Å². The zero-order valence-electron chi connectivity index (χ0n) is 17.2. The summed E-state index contributed by atoms with van der Waals surface area (Å²) in [6.07, 6.45) is 14.6. The number of hydrogen-bond donors (Lipinski definition) is 0. The minimum atomic E-state index is 0.777. The summed E-state index contributed by atoms with van der Waals surface area (Å²) in [5.41, 5.74) is 1.57. The highest BCUT2D eigenvalue weighted by Gasteiger charge is 2.38. The first-order chi connectivity index (χ1) is 10.4. The van der Waals surface area contributed by atoms with Gasteiger partial charge in [-0.1, -0.05) is 87.5 Å². The Morgan fingerprint density at radius 3 is 1.50 bits per heavy atom. The monoisotopic (exact) mass is 310 g/mol. The summed E-state index contributed by atoms with van der Waals surface area (Å²) < 4.78 is 0. The van der Waals surface area contributed by atoms with Gasteiger partial charge in [-0.05, 0) is 54.8 Å². The van der Waals surface area contributed by atoms with Gasteiger partial charge < -0.3 is 0 Å². The highest BCUT2D eigenvalue weighted by molar-refractivity contribution is 4.89. The average Bonchev–Trinajstić information content (AvgIpc) is 2.45. The molecule has 0 aromatic carbocycles. The Hall–Kier alpha value is 0. The summed E-state index contributed by atoms with van der Waals surface area (Å²) in [5, 5.41) is 0. The zero-order chi connectivity index (χ0) is 17.2. The molecule has 22 heavy (non-hydrogen) atoms. The third kappa shape index (κ3) is 6.63. The Labute approximate surface area is 142 Å². The molecule has 134 valence electrons. The van der Waals surface area contributed by atoms with Crippen LogP contribution in [-0.4, -0.2) is 0 Å². The van der Waals surface area contributed by atoms with Crippen LogP contribution in [0, 0.1) is 22.7 Å². The van der Waals surface area contributed by atoms with Crippen LogP contribution in [0.1, 0.15) is 120 Å². The quantitative estimate of drug-likeness (QED) is 0.463. The summed E-state index contributed by atoms with van der Waals surface area (Å²) in [7, 11) is 0. The molecule has 0 aromatic heterocycles. The molecule has 0 saturated heterocycles. The molecular weight excluding hydrogens is 264 g/mol. The van der Waals surface area contributed by atoms with E-state index >= 15 is 0 Å². The second-order valence-corrected chi connectivity index (χ2v) is 8.36. The van der Waals surface area contributed by atoms with E-state index in [2.05, 4.69) is 41.5 Å². The van der Waals surface area contributed by atoms with Gasteiger partial charge in [0.15, 0.2) is 0 Å². The molecule has 0 N–H and O–H groups in total. The molecule has 0 bridgehead atoms. The van der Waals surface area contributed by atoms with Crippen LogP contribution < -0.4 is 0 Å². The van der Waals surface area contributed by atoms with Crippen LogP contribution >= 0.6 is 0 Å². The van der Waals surface area contributed by atoms with Crippen LogP contribution in [0.5, 0.6) is 0 Å². The normalized spacial score (nSPS) is 21.7. The fraction of sp³-hybridized carbons (Fsp3) is 1.00. The standard InChI is InChI=1S/C11H22.C9H18.C2H6/c1-4-11(7-5-8-11)9-6-10(2)3;1-4-9(5-2)6-8(3)7-9;1-2/h10H,4-9H2,1-3H3;8H,4-7H2,1-3H3;1-2H3. The average molecular weight is 311 g/mol. The molecule has 0 radical (unpaired) electrons. The highest BCUT2D eigenvalue weighted by Crippen LogP contribution is 2.50. The number of rotatable bonds is 6. The Morgan fingerprint density at radius 2 is 1.32 bits per heavy atom. The maximum atomic E-state index is 2.36. The molecule has 0 aromatic rings. The zero-order valence-corrected chi connectivity index (χ0v) is 17.2. The summed E-state index contributed by atoms with van der Waals surface area (Å²) in [6, 6.07) is 0. The van der Waals surface area contributed by atoms with Gasteiger partial charge in [0, 0.05) is 0 Å². The van der Waals surface area contributed by atoms with E-state index in [9.17, 15) is 0 Å². The van der Waals surface area contributed by atoms with Crippen LogP contribution in [0.2, 0.25) is 0 Å². The topological polar surface area (TPSA) is 0 Å². The van der Waals surface area contributed by atoms with Gasteiger partial charge in [-0.2, -0.15) is 0 Å². The van der Waals surface area contributed by atoms with Gasteiger partial charge in [0.05, 0.1) is 0 Å². The molecule has 0 nitrogen and oxygen atoms in total. The molecule has 0 spiro atoms. The van der Waals surface area contributed by atoms with Crippen molar-refractivity contribution in [3.05, 3.63) is 0 Å². The van der Waals surface area contributed by atoms with Gasteiger partial charge in [0.25, 0.3) is 0 Å². The minimum Gasteiger partial charge on any atom is -0.0683 e. The van der Waals surface area contributed by atoms with Crippen molar-refractivity contribution < 1.29 is 0 Å². The second kappa shape index (κ2) is 10.7. The maximum absolute atomic E-state index is 2.36. The van der Waals surface area contributed by atoms with E-state index in [0.717, 1.165) is 22.7 Å². The fourth-order valence-corrected chi connectivity index (χ4v) is 4.30. The minimum absolute atomic E-state index is 0.777. The van der Waals surface area contributed by atoms with E-state index < -0.39 is 0 Å². The molecule has 2 aliphatic carbocycles. The molecule has 2 aliphatic rings. The Balaban J connectivity index is 0.000000366. The molecule has 2 rings (SSSR count). The van der Waals surface area contributed by atoms with E-state index in [1.54, 1.807) is 0 Å². The lowest BCUT2D eigenvalue weighted by Gasteiger charge is -2.45. The van der Waals surface area contributed by atoms with E-state index in [0.29, 0.717) is 0 Å². The molecule has 0 heteroatoms. The van der Waals surface area contributed by atoms with Crippen molar-refractivity contribution in [2.45, 2.75) is 120 Å². The van der Waals surface area contributed by atoms with Gasteiger partial charge >= 0.3 is 0 Å². The summed E-state index contributed by atoms with van der Waals surface area (Å²) in [6.45, 7) is 18.1. The maximum Gasteiger partial charge on any atom is -0.0298 e. The van der Waals surface area contributed by atoms with Crippen molar-refractivity contribution in [3.63, 3.8) is 0 Å². The van der Waals surface area contributed by atoms with E-state index in [1.807, 2.05) is 13.8 Å². The van der Waals surface area contributed by atoms with Gasteiger partial charge in [-0.3, -0.25) is 0 Å². The van der Waals surface area contributed by atoms with Crippen LogP contribution in [0.25, 0.3) is 0 Å². The van der Waals surface area contributed by atoms with Crippen molar-refractivity contribution in [3.8, 4) is 0 Å². The summed E-state index contributed by atoms with van der Waals surface area (Å²) in [4.78, 5) is 0. The first-order valence-corrected chi connectivity index (χ1v) is 10.4. The first-order valence-electron chi connectivity index (χ1n) is 10.4. The fourth-order valence-electron chi connectivity index (χ4n) is 4.30. The van der Waals surface area contributed by atoms with Gasteiger partial charge in [0.2, 0.25) is 0 Å². The van der Waals surface area contributed by atoms with Crippen molar-refractivity contribution in [1.29, 1.82) is 0 Å². The molecule has 0 aliphatic heterocycles. The molecule has 2 saturated carbocycles. The van der Waals surface area contributed by atoms with Crippen molar-refractivity contribution >= 4 is 0 Å². The Bertz CT molecular complexity index is 242. The molecule has 0 atom stereocenters. The van der Waals surface area contributed by atoms with Crippen LogP contribution in [0.3, 0.4) is 0 Å². The molecular formula is C22H46. The lowest BCUT2D eigenvalue weighted by Crippen LogP contribution is -2.34. The van der Waals surface area contributed by atoms with Crippen LogP contribution in [0.4, 0.5) is 0 Å². The van der Waals surface area contributed by atoms with Crippen molar-refractivity contribution in [2.75, 3.05) is 0 Å². The lowest BCUT2D eigenvalue weighted by molar-refractivity contribution is 0.0569. The summed E-state index contributed by atoms with van der Waals surface area (Å²) in [5.74, 6) is 1.92. The van der Waals surface area contributed by atoms with Gasteiger partial charge in [-0.15, -0.1) is 0 Å². The SMILES string of the molecule is CC.CCC1(CC)CC(C)C1.CCC1(CCC(C)C)CCC1. The van der Waals surface area contributed by atoms with E-state index in [1.165, 1.54) is 64.2 Å². The summed E-state index contributed by atoms with van der Waals surface area (Å²) >= 11 is 0. The van der Waals surface area contributed by atoms with Crippen molar-refractivity contribution in [1.82, 2.24) is 0 Å². The van der Waals surface area contributed by atoms with E-state index in [4.69, 9.17) is 0 Å². The first kappa shape index (κ1) is 22.0. The third-order valence-electron chi connectivity index (χ3n) is 6.48. The highest BCUT2D eigenvalue weighted by atomic mass is 14.4. The van der Waals surface area contributed by atoms with E-state index in [-0.39, 0.29) is 0 Å². The molecule has 2 fully saturated rings. The Kier molecular flexibility index (Phi) is 10.7. The Morgan fingerprint density at radius 1 is 0.864 bits per heavy atom. The third-order valence-corrected chi connectivity index (χ3v) is 6.48.